The van der Waals surface area contributed by atoms with Gasteiger partial charge in [-0.05, 0) is 25.3 Å². The number of benzene rings is 2. The Kier molecular flexibility index (Phi) is 4.60. The van der Waals surface area contributed by atoms with Gasteiger partial charge < -0.3 is 9.64 Å². The van der Waals surface area contributed by atoms with Gasteiger partial charge in [-0.2, -0.15) is 0 Å². The molecule has 0 amide bonds. The van der Waals surface area contributed by atoms with Gasteiger partial charge in [-0.15, -0.1) is 0 Å². The van der Waals surface area contributed by atoms with Crippen LogP contribution in [0.25, 0.3) is 0 Å². The van der Waals surface area contributed by atoms with E-state index in [1.165, 1.54) is 0 Å². The maximum absolute atomic E-state index is 13.2. The number of carbonyl (C=O) groups is 2. The molecule has 1 fully saturated rings. The first-order valence-electron chi connectivity index (χ1n) is 9.38. The molecule has 4 nitrogen and oxygen atoms in total. The molecule has 0 N–H and O–H groups in total. The lowest BCUT2D eigenvalue weighted by atomic mass is 9.83. The third-order valence-electron chi connectivity index (χ3n) is 5.21. The van der Waals surface area contributed by atoms with Gasteiger partial charge in [-0.25, -0.2) is 0 Å². The normalized spacial score (nSPS) is 19.3. The van der Waals surface area contributed by atoms with Crippen molar-refractivity contribution in [2.75, 3.05) is 24.6 Å². The number of hydrogen-bond donors (Lipinski definition) is 0. The molecule has 4 rings (SSSR count). The summed E-state index contributed by atoms with van der Waals surface area (Å²) in [5.41, 5.74) is 2.94. The first-order valence-corrected chi connectivity index (χ1v) is 9.38. The fourth-order valence-corrected chi connectivity index (χ4v) is 3.97. The molecule has 4 heteroatoms. The number of piperidine rings is 1. The predicted molar refractivity (Wildman–Crippen MR) is 101 cm³/mol. The van der Waals surface area contributed by atoms with Crippen LogP contribution in [-0.2, 0) is 4.74 Å². The fourth-order valence-electron chi connectivity index (χ4n) is 3.97. The Balaban J connectivity index is 1.72. The van der Waals surface area contributed by atoms with Crippen LogP contribution in [0.2, 0.25) is 0 Å². The molecule has 0 saturated carbocycles. The number of fused-ring (bicyclic) bond motifs is 2. The Bertz CT molecular complexity index is 858. The van der Waals surface area contributed by atoms with Crippen molar-refractivity contribution in [2.45, 2.75) is 32.3 Å². The zero-order chi connectivity index (χ0) is 18.1. The molecule has 0 radical (unpaired) electrons. The smallest absolute Gasteiger partial charge is 0.196 e. The summed E-state index contributed by atoms with van der Waals surface area (Å²) in [6, 6.07) is 12.7. The van der Waals surface area contributed by atoms with E-state index in [1.54, 1.807) is 24.3 Å². The summed E-state index contributed by atoms with van der Waals surface area (Å²) in [5.74, 6) is -0.116. The molecule has 134 valence electrons. The van der Waals surface area contributed by atoms with E-state index in [0.29, 0.717) is 22.3 Å². The predicted octanol–water partition coefficient (Wildman–Crippen LogP) is 3.86. The third-order valence-corrected chi connectivity index (χ3v) is 5.21. The maximum Gasteiger partial charge on any atom is 0.196 e. The van der Waals surface area contributed by atoms with E-state index in [4.69, 9.17) is 4.74 Å². The fraction of sp³-hybridized carbons (Fsp3) is 0.364. The molecule has 1 aliphatic carbocycles. The first-order chi connectivity index (χ1) is 12.7. The van der Waals surface area contributed by atoms with Gasteiger partial charge in [0.2, 0.25) is 0 Å². The van der Waals surface area contributed by atoms with Crippen LogP contribution in [0.4, 0.5) is 5.69 Å². The Morgan fingerprint density at radius 2 is 1.73 bits per heavy atom. The zero-order valence-corrected chi connectivity index (χ0v) is 15.0. The molecule has 0 bridgehead atoms. The van der Waals surface area contributed by atoms with Crippen molar-refractivity contribution < 1.29 is 14.3 Å². The van der Waals surface area contributed by atoms with Crippen LogP contribution in [0, 0.1) is 0 Å². The molecule has 0 spiro atoms. The average molecular weight is 349 g/mol. The molecule has 0 unspecified atom stereocenters. The van der Waals surface area contributed by atoms with Crippen LogP contribution < -0.4 is 4.90 Å². The number of rotatable bonds is 4. The standard InChI is InChI=1S/C22H23NO3/c1-2-13-26-15-7-6-12-23(14-15)19-11-5-10-18-20(19)22(25)17-9-4-3-8-16(17)21(18)24/h3-5,8-11,15H,2,6-7,12-14H2,1H3/t15-/m1/s1. The second-order valence-electron chi connectivity index (χ2n) is 6.98. The van der Waals surface area contributed by atoms with Crippen LogP contribution in [0.3, 0.4) is 0 Å². The minimum Gasteiger partial charge on any atom is -0.376 e. The largest absolute Gasteiger partial charge is 0.376 e. The SMILES string of the molecule is CCCO[C@@H]1CCCN(c2cccc3c2C(=O)c2ccccc2C3=O)C1. The number of hydrogen-bond acceptors (Lipinski definition) is 4. The summed E-state index contributed by atoms with van der Waals surface area (Å²) in [7, 11) is 0. The van der Waals surface area contributed by atoms with E-state index in [0.717, 1.165) is 44.6 Å². The van der Waals surface area contributed by atoms with Crippen LogP contribution >= 0.6 is 0 Å². The Labute approximate surface area is 153 Å². The lowest BCUT2D eigenvalue weighted by molar-refractivity contribution is 0.0440. The summed E-state index contributed by atoms with van der Waals surface area (Å²) < 4.78 is 5.94. The molecule has 1 heterocycles. The molecule has 2 aromatic rings. The molecule has 0 aromatic heterocycles. The van der Waals surface area contributed by atoms with Gasteiger partial charge in [0.25, 0.3) is 0 Å². The van der Waals surface area contributed by atoms with Crippen molar-refractivity contribution in [1.29, 1.82) is 0 Å². The van der Waals surface area contributed by atoms with E-state index in [1.807, 2.05) is 18.2 Å². The molecule has 1 atom stereocenters. The molecule has 1 aliphatic heterocycles. The number of carbonyl (C=O) groups excluding carboxylic acids is 2. The highest BCUT2D eigenvalue weighted by Gasteiger charge is 2.33. The van der Waals surface area contributed by atoms with E-state index in [9.17, 15) is 9.59 Å². The molecule has 1 saturated heterocycles. The average Bonchev–Trinajstić information content (AvgIpc) is 2.70. The Morgan fingerprint density at radius 1 is 1.00 bits per heavy atom. The topological polar surface area (TPSA) is 46.6 Å². The van der Waals surface area contributed by atoms with Gasteiger partial charge in [0.05, 0.1) is 11.7 Å². The summed E-state index contributed by atoms with van der Waals surface area (Å²) >= 11 is 0. The van der Waals surface area contributed by atoms with Gasteiger partial charge in [0.1, 0.15) is 0 Å². The summed E-state index contributed by atoms with van der Waals surface area (Å²) in [5, 5.41) is 0. The van der Waals surface area contributed by atoms with Crippen molar-refractivity contribution >= 4 is 17.3 Å². The Morgan fingerprint density at radius 3 is 2.50 bits per heavy atom. The van der Waals surface area contributed by atoms with Crippen molar-refractivity contribution in [3.8, 4) is 0 Å². The Hall–Kier alpha value is -2.46. The van der Waals surface area contributed by atoms with Crippen LogP contribution in [-0.4, -0.2) is 37.4 Å². The van der Waals surface area contributed by atoms with E-state index >= 15 is 0 Å². The van der Waals surface area contributed by atoms with Gasteiger partial charge in [-0.3, -0.25) is 9.59 Å². The summed E-state index contributed by atoms with van der Waals surface area (Å²) in [6.45, 7) is 4.51. The monoisotopic (exact) mass is 349 g/mol. The lowest BCUT2D eigenvalue weighted by Gasteiger charge is -2.36. The molecule has 26 heavy (non-hydrogen) atoms. The van der Waals surface area contributed by atoms with Gasteiger partial charge >= 0.3 is 0 Å². The first kappa shape index (κ1) is 17.0. The highest BCUT2D eigenvalue weighted by atomic mass is 16.5. The zero-order valence-electron chi connectivity index (χ0n) is 15.0. The van der Waals surface area contributed by atoms with Gasteiger partial charge in [-0.1, -0.05) is 43.3 Å². The number of ketones is 2. The summed E-state index contributed by atoms with van der Waals surface area (Å²) in [6.07, 6.45) is 3.25. The molecular weight excluding hydrogens is 326 g/mol. The molecule has 2 aliphatic rings. The highest BCUT2D eigenvalue weighted by molar-refractivity contribution is 6.30. The van der Waals surface area contributed by atoms with Crippen LogP contribution in [0.5, 0.6) is 0 Å². The van der Waals surface area contributed by atoms with E-state index in [-0.39, 0.29) is 17.7 Å². The van der Waals surface area contributed by atoms with E-state index < -0.39 is 0 Å². The van der Waals surface area contributed by atoms with Crippen molar-refractivity contribution in [3.05, 3.63) is 64.7 Å². The molecule has 2 aromatic carbocycles. The van der Waals surface area contributed by atoms with Gasteiger partial charge in [0.15, 0.2) is 11.6 Å². The summed E-state index contributed by atoms with van der Waals surface area (Å²) in [4.78, 5) is 28.3. The van der Waals surface area contributed by atoms with Gasteiger partial charge in [0, 0.05) is 42.1 Å². The number of nitrogens with zero attached hydrogens (tertiary/aromatic N) is 1. The third kappa shape index (κ3) is 2.84. The lowest BCUT2D eigenvalue weighted by Crippen LogP contribution is -2.41. The minimum absolute atomic E-state index is 0.0533. The second kappa shape index (κ2) is 7.04. The highest BCUT2D eigenvalue weighted by Crippen LogP contribution is 2.35. The van der Waals surface area contributed by atoms with Crippen molar-refractivity contribution in [3.63, 3.8) is 0 Å². The van der Waals surface area contributed by atoms with Crippen molar-refractivity contribution in [2.24, 2.45) is 0 Å². The van der Waals surface area contributed by atoms with Crippen molar-refractivity contribution in [1.82, 2.24) is 0 Å². The van der Waals surface area contributed by atoms with Crippen LogP contribution in [0.1, 0.15) is 58.0 Å². The quantitative estimate of drug-likeness (QED) is 0.718. The number of ether oxygens (including phenoxy) is 1. The second-order valence-corrected chi connectivity index (χ2v) is 6.98. The van der Waals surface area contributed by atoms with Crippen LogP contribution in [0.15, 0.2) is 42.5 Å². The molecular formula is C22H23NO3. The van der Waals surface area contributed by atoms with E-state index in [2.05, 4.69) is 11.8 Å². The maximum atomic E-state index is 13.2. The minimum atomic E-state index is -0.0622. The number of anilines is 1.